The van der Waals surface area contributed by atoms with Gasteiger partial charge >= 0.3 is 0 Å². The predicted molar refractivity (Wildman–Crippen MR) is 101 cm³/mol. The van der Waals surface area contributed by atoms with Crippen LogP contribution in [-0.4, -0.2) is 24.3 Å². The van der Waals surface area contributed by atoms with Crippen LogP contribution >= 0.6 is 12.4 Å². The van der Waals surface area contributed by atoms with Gasteiger partial charge in [0.15, 0.2) is 0 Å². The van der Waals surface area contributed by atoms with Gasteiger partial charge in [-0.05, 0) is 43.5 Å². The van der Waals surface area contributed by atoms with Gasteiger partial charge in [-0.1, -0.05) is 13.8 Å². The number of hydrogen-bond donors (Lipinski definition) is 2. The van der Waals surface area contributed by atoms with Crippen molar-refractivity contribution in [2.45, 2.75) is 46.5 Å². The number of hydrogen-bond acceptors (Lipinski definition) is 4. The molecule has 0 saturated carbocycles. The van der Waals surface area contributed by atoms with Crippen molar-refractivity contribution in [3.8, 4) is 0 Å². The molecule has 2 rings (SSSR count). The van der Waals surface area contributed by atoms with Crippen LogP contribution in [-0.2, 0) is 14.4 Å². The van der Waals surface area contributed by atoms with Crippen LogP contribution in [0.5, 0.6) is 0 Å². The summed E-state index contributed by atoms with van der Waals surface area (Å²) in [7, 11) is 0. The van der Waals surface area contributed by atoms with E-state index in [4.69, 9.17) is 5.73 Å². The van der Waals surface area contributed by atoms with Gasteiger partial charge in [0.05, 0.1) is 11.1 Å². The molecule has 138 valence electrons. The Kier molecular flexibility index (Phi) is 7.14. The molecule has 1 saturated heterocycles. The van der Waals surface area contributed by atoms with E-state index in [-0.39, 0.29) is 43.0 Å². The van der Waals surface area contributed by atoms with E-state index in [2.05, 4.69) is 5.32 Å². The Bertz CT molecular complexity index is 647. The van der Waals surface area contributed by atoms with Gasteiger partial charge in [0, 0.05) is 25.1 Å². The van der Waals surface area contributed by atoms with Crippen LogP contribution in [0.15, 0.2) is 18.2 Å². The highest BCUT2D eigenvalue weighted by molar-refractivity contribution is 6.20. The van der Waals surface area contributed by atoms with Gasteiger partial charge in [-0.2, -0.15) is 0 Å². The third-order valence-electron chi connectivity index (χ3n) is 4.97. The summed E-state index contributed by atoms with van der Waals surface area (Å²) in [5, 5.41) is 2.91. The Morgan fingerprint density at radius 3 is 2.20 bits per heavy atom. The van der Waals surface area contributed by atoms with E-state index in [0.717, 1.165) is 5.56 Å². The second-order valence-electron chi connectivity index (χ2n) is 6.27. The molecule has 7 heteroatoms. The number of aryl methyl sites for hydroxylation is 1. The van der Waals surface area contributed by atoms with Crippen molar-refractivity contribution < 1.29 is 14.4 Å². The van der Waals surface area contributed by atoms with Crippen molar-refractivity contribution in [3.05, 3.63) is 23.8 Å². The average Bonchev–Trinajstić information content (AvgIpc) is 2.89. The fourth-order valence-electron chi connectivity index (χ4n) is 3.05. The lowest BCUT2D eigenvalue weighted by molar-refractivity contribution is -0.125. The summed E-state index contributed by atoms with van der Waals surface area (Å²) in [4.78, 5) is 37.5. The molecule has 25 heavy (non-hydrogen) atoms. The van der Waals surface area contributed by atoms with Gasteiger partial charge in [-0.15, -0.1) is 12.4 Å². The number of benzene rings is 1. The van der Waals surface area contributed by atoms with Crippen LogP contribution in [0.3, 0.4) is 0 Å². The molecule has 1 aromatic rings. The topological polar surface area (TPSA) is 92.5 Å². The van der Waals surface area contributed by atoms with Crippen molar-refractivity contribution in [3.63, 3.8) is 0 Å². The summed E-state index contributed by atoms with van der Waals surface area (Å²) >= 11 is 0. The fourth-order valence-corrected chi connectivity index (χ4v) is 3.05. The monoisotopic (exact) mass is 367 g/mol. The zero-order valence-corrected chi connectivity index (χ0v) is 15.7. The molecule has 0 bridgehead atoms. The van der Waals surface area contributed by atoms with Gasteiger partial charge in [-0.25, -0.2) is 0 Å². The third kappa shape index (κ3) is 4.02. The van der Waals surface area contributed by atoms with E-state index in [1.807, 2.05) is 20.8 Å². The maximum absolute atomic E-state index is 12.6. The number of nitrogens with two attached hydrogens (primary N) is 1. The normalized spacial score (nSPS) is 14.5. The Labute approximate surface area is 154 Å². The van der Waals surface area contributed by atoms with E-state index < -0.39 is 5.41 Å². The molecule has 3 N–H and O–H groups in total. The predicted octanol–water partition coefficient (Wildman–Crippen LogP) is 2.77. The summed E-state index contributed by atoms with van der Waals surface area (Å²) in [5.41, 5.74) is 7.22. The van der Waals surface area contributed by atoms with Gasteiger partial charge in [0.2, 0.25) is 17.7 Å². The lowest BCUT2D eigenvalue weighted by Crippen LogP contribution is -2.41. The number of nitrogens with one attached hydrogen (secondary N) is 1. The minimum atomic E-state index is -0.576. The summed E-state index contributed by atoms with van der Waals surface area (Å²) < 4.78 is 0. The molecular formula is C18H26ClN3O3. The van der Waals surface area contributed by atoms with Crippen LogP contribution in [0.25, 0.3) is 0 Å². The molecule has 3 amide bonds. The SMILES string of the molecule is CCC(CC)(CN)C(=O)Nc1ccc(N2C(=O)CCC2=O)c(C)c1.Cl. The molecule has 0 atom stereocenters. The molecule has 0 aromatic heterocycles. The molecule has 1 aromatic carbocycles. The Morgan fingerprint density at radius 1 is 1.20 bits per heavy atom. The number of imide groups is 1. The van der Waals surface area contributed by atoms with Crippen LogP contribution in [0.2, 0.25) is 0 Å². The van der Waals surface area contributed by atoms with E-state index >= 15 is 0 Å². The van der Waals surface area contributed by atoms with Crippen molar-refractivity contribution in [2.24, 2.45) is 11.1 Å². The highest BCUT2D eigenvalue weighted by Crippen LogP contribution is 2.30. The zero-order valence-electron chi connectivity index (χ0n) is 14.9. The number of nitrogens with zero attached hydrogens (tertiary/aromatic N) is 1. The average molecular weight is 368 g/mol. The Morgan fingerprint density at radius 2 is 1.76 bits per heavy atom. The first-order valence-corrected chi connectivity index (χ1v) is 8.36. The second kappa shape index (κ2) is 8.45. The lowest BCUT2D eigenvalue weighted by Gasteiger charge is -2.28. The molecule has 1 fully saturated rings. The Balaban J connectivity index is 0.00000312. The molecular weight excluding hydrogens is 342 g/mol. The van der Waals surface area contributed by atoms with Crippen LogP contribution in [0.1, 0.15) is 45.1 Å². The molecule has 6 nitrogen and oxygen atoms in total. The van der Waals surface area contributed by atoms with Gasteiger partial charge in [0.1, 0.15) is 0 Å². The smallest absolute Gasteiger partial charge is 0.234 e. The molecule has 0 aliphatic carbocycles. The van der Waals surface area contributed by atoms with Crippen LogP contribution in [0, 0.1) is 12.3 Å². The first-order chi connectivity index (χ1) is 11.4. The van der Waals surface area contributed by atoms with Gasteiger partial charge in [-0.3, -0.25) is 19.3 Å². The highest BCUT2D eigenvalue weighted by Gasteiger charge is 2.34. The van der Waals surface area contributed by atoms with Crippen molar-refractivity contribution in [2.75, 3.05) is 16.8 Å². The standard InChI is InChI=1S/C18H25N3O3.ClH/c1-4-18(5-2,11-19)17(24)20-13-6-7-14(12(3)10-13)21-15(22)8-9-16(21)23;/h6-7,10H,4-5,8-9,11,19H2,1-3H3,(H,20,24);1H. The fraction of sp³-hybridized carbons (Fsp3) is 0.500. The lowest BCUT2D eigenvalue weighted by atomic mass is 9.81. The number of halogens is 1. The molecule has 1 aliphatic rings. The Hall–Kier alpha value is -1.92. The number of amides is 3. The van der Waals surface area contributed by atoms with Crippen molar-refractivity contribution in [1.82, 2.24) is 0 Å². The molecule has 1 aliphatic heterocycles. The van der Waals surface area contributed by atoms with E-state index in [1.54, 1.807) is 18.2 Å². The first kappa shape index (κ1) is 21.1. The minimum Gasteiger partial charge on any atom is -0.329 e. The highest BCUT2D eigenvalue weighted by atomic mass is 35.5. The van der Waals surface area contributed by atoms with E-state index in [9.17, 15) is 14.4 Å². The van der Waals surface area contributed by atoms with Gasteiger partial charge < -0.3 is 11.1 Å². The summed E-state index contributed by atoms with van der Waals surface area (Å²) in [6, 6.07) is 5.19. The number of carbonyl (C=O) groups excluding carboxylic acids is 3. The zero-order chi connectivity index (χ0) is 17.9. The van der Waals surface area contributed by atoms with Gasteiger partial charge in [0.25, 0.3) is 0 Å². The molecule has 0 unspecified atom stereocenters. The maximum Gasteiger partial charge on any atom is 0.234 e. The summed E-state index contributed by atoms with van der Waals surface area (Å²) in [6.45, 7) is 6.02. The van der Waals surface area contributed by atoms with E-state index in [0.29, 0.717) is 30.8 Å². The third-order valence-corrected chi connectivity index (χ3v) is 4.97. The van der Waals surface area contributed by atoms with Crippen LogP contribution < -0.4 is 16.0 Å². The number of carbonyl (C=O) groups is 3. The number of anilines is 2. The second-order valence-corrected chi connectivity index (χ2v) is 6.27. The number of rotatable bonds is 6. The molecule has 0 radical (unpaired) electrons. The largest absolute Gasteiger partial charge is 0.329 e. The molecule has 0 spiro atoms. The summed E-state index contributed by atoms with van der Waals surface area (Å²) in [6.07, 6.45) is 1.84. The first-order valence-electron chi connectivity index (χ1n) is 8.36. The van der Waals surface area contributed by atoms with Crippen LogP contribution in [0.4, 0.5) is 11.4 Å². The molecule has 1 heterocycles. The minimum absolute atomic E-state index is 0. The quantitative estimate of drug-likeness (QED) is 0.756. The summed E-state index contributed by atoms with van der Waals surface area (Å²) in [5.74, 6) is -0.464. The van der Waals surface area contributed by atoms with Crippen molar-refractivity contribution >= 4 is 41.5 Å². The van der Waals surface area contributed by atoms with Crippen molar-refractivity contribution in [1.29, 1.82) is 0 Å². The van der Waals surface area contributed by atoms with E-state index in [1.165, 1.54) is 4.90 Å². The maximum atomic E-state index is 12.6.